The Morgan fingerprint density at radius 1 is 1.43 bits per heavy atom. The minimum absolute atomic E-state index is 0.396. The van der Waals surface area contributed by atoms with E-state index in [0.717, 1.165) is 0 Å². The van der Waals surface area contributed by atoms with Crippen LogP contribution in [0.5, 0.6) is 0 Å². The van der Waals surface area contributed by atoms with Gasteiger partial charge in [0.2, 0.25) is 0 Å². The smallest absolute Gasteiger partial charge is 0.198 e. The van der Waals surface area contributed by atoms with Crippen molar-refractivity contribution >= 4 is 6.29 Å². The lowest BCUT2D eigenvalue weighted by atomic mass is 10.3. The maximum Gasteiger partial charge on any atom is 0.198 e. The van der Waals surface area contributed by atoms with Crippen molar-refractivity contribution in [1.29, 1.82) is 5.26 Å². The van der Waals surface area contributed by atoms with Gasteiger partial charge in [-0.15, -0.1) is 0 Å². The van der Waals surface area contributed by atoms with Crippen LogP contribution in [0.1, 0.15) is 19.3 Å². The Morgan fingerprint density at radius 3 is 2.57 bits per heavy atom. The van der Waals surface area contributed by atoms with Crippen molar-refractivity contribution in [3.8, 4) is 6.07 Å². The molecule has 0 saturated heterocycles. The van der Waals surface area contributed by atoms with Gasteiger partial charge in [0.05, 0.1) is 6.07 Å². The summed E-state index contributed by atoms with van der Waals surface area (Å²) in [6.07, 6.45) is 3.22. The Labute approximate surface area is 42.8 Å². The largest absolute Gasteiger partial charge is 0.291 e. The van der Waals surface area contributed by atoms with Crippen molar-refractivity contribution in [3.63, 3.8) is 0 Å². The molecule has 0 amide bonds. The fourth-order valence-electron chi connectivity index (χ4n) is 0.240. The molecule has 0 heterocycles. The number of hydrogen-bond acceptors (Lipinski definition) is 2. The Balaban J connectivity index is 2.72. The third kappa shape index (κ3) is 5.16. The van der Waals surface area contributed by atoms with Gasteiger partial charge in [0, 0.05) is 12.8 Å². The molecule has 0 saturated carbocycles. The quantitative estimate of drug-likeness (QED) is 0.487. The summed E-state index contributed by atoms with van der Waals surface area (Å²) in [6.45, 7) is 0. The zero-order valence-electron chi connectivity index (χ0n) is 3.98. The molecule has 0 aromatic rings. The van der Waals surface area contributed by atoms with E-state index in [9.17, 15) is 4.79 Å². The lowest BCUT2D eigenvalue weighted by Gasteiger charge is -1.76. The lowest BCUT2D eigenvalue weighted by Crippen LogP contribution is -1.72. The SMILES string of the molecule is N#CCCC[C]=O. The zero-order valence-corrected chi connectivity index (χ0v) is 3.98. The third-order valence-corrected chi connectivity index (χ3v) is 0.567. The minimum atomic E-state index is 0.396. The molecule has 0 aliphatic rings. The van der Waals surface area contributed by atoms with E-state index in [-0.39, 0.29) is 0 Å². The first-order valence-corrected chi connectivity index (χ1v) is 2.13. The molecule has 0 atom stereocenters. The molecule has 0 bridgehead atoms. The van der Waals surface area contributed by atoms with E-state index in [2.05, 4.69) is 0 Å². The summed E-state index contributed by atoms with van der Waals surface area (Å²) in [6, 6.07) is 1.92. The first kappa shape index (κ1) is 6.16. The van der Waals surface area contributed by atoms with Gasteiger partial charge in [0.15, 0.2) is 6.29 Å². The molecule has 0 aromatic heterocycles. The van der Waals surface area contributed by atoms with Crippen LogP contribution in [0.3, 0.4) is 0 Å². The molecule has 37 valence electrons. The first-order valence-electron chi connectivity index (χ1n) is 2.13. The summed E-state index contributed by atoms with van der Waals surface area (Å²) in [5.41, 5.74) is 0. The monoisotopic (exact) mass is 96.0 g/mol. The van der Waals surface area contributed by atoms with Crippen LogP contribution in [0.2, 0.25) is 0 Å². The predicted octanol–water partition coefficient (Wildman–Crippen LogP) is 0.790. The number of hydrogen-bond donors (Lipinski definition) is 0. The number of rotatable bonds is 3. The van der Waals surface area contributed by atoms with Crippen molar-refractivity contribution in [2.24, 2.45) is 0 Å². The van der Waals surface area contributed by atoms with E-state index in [4.69, 9.17) is 5.26 Å². The van der Waals surface area contributed by atoms with Crippen LogP contribution in [0, 0.1) is 11.3 Å². The molecule has 2 nitrogen and oxygen atoms in total. The standard InChI is InChI=1S/C5H6NO/c6-4-2-1-3-5-7/h1-3H2. The lowest BCUT2D eigenvalue weighted by molar-refractivity contribution is 0.549. The normalized spacial score (nSPS) is 7.29. The highest BCUT2D eigenvalue weighted by molar-refractivity contribution is 5.50. The van der Waals surface area contributed by atoms with E-state index < -0.39 is 0 Å². The molecule has 0 N–H and O–H groups in total. The van der Waals surface area contributed by atoms with Gasteiger partial charge in [-0.1, -0.05) is 0 Å². The summed E-state index contributed by atoms with van der Waals surface area (Å²) < 4.78 is 0. The molecule has 0 unspecified atom stereocenters. The van der Waals surface area contributed by atoms with Crippen LogP contribution in [-0.2, 0) is 4.79 Å². The second-order valence-corrected chi connectivity index (χ2v) is 1.16. The molecule has 0 fully saturated rings. The molecule has 0 spiro atoms. The van der Waals surface area contributed by atoms with Crippen molar-refractivity contribution in [1.82, 2.24) is 0 Å². The summed E-state index contributed by atoms with van der Waals surface area (Å²) in [4.78, 5) is 9.45. The fraction of sp³-hybridized carbons (Fsp3) is 0.600. The maximum atomic E-state index is 9.45. The second kappa shape index (κ2) is 5.16. The number of nitrogens with zero attached hydrogens (tertiary/aromatic N) is 1. The Bertz CT molecular complexity index is 82.6. The van der Waals surface area contributed by atoms with Gasteiger partial charge < -0.3 is 0 Å². The van der Waals surface area contributed by atoms with Gasteiger partial charge in [0.25, 0.3) is 0 Å². The summed E-state index contributed by atoms with van der Waals surface area (Å²) in [5, 5.41) is 7.91. The third-order valence-electron chi connectivity index (χ3n) is 0.567. The summed E-state index contributed by atoms with van der Waals surface area (Å²) >= 11 is 0. The van der Waals surface area contributed by atoms with Gasteiger partial charge in [0.1, 0.15) is 0 Å². The average Bonchev–Trinajstić information content (AvgIpc) is 1.69. The van der Waals surface area contributed by atoms with Crippen molar-refractivity contribution in [3.05, 3.63) is 0 Å². The average molecular weight is 96.1 g/mol. The van der Waals surface area contributed by atoms with E-state index in [1.807, 2.05) is 6.07 Å². The maximum absolute atomic E-state index is 9.45. The Morgan fingerprint density at radius 2 is 2.14 bits per heavy atom. The molecule has 0 aliphatic heterocycles. The van der Waals surface area contributed by atoms with E-state index >= 15 is 0 Å². The predicted molar refractivity (Wildman–Crippen MR) is 25.2 cm³/mol. The van der Waals surface area contributed by atoms with Crippen LogP contribution in [0.15, 0.2) is 0 Å². The van der Waals surface area contributed by atoms with Crippen LogP contribution in [0.25, 0.3) is 0 Å². The second-order valence-electron chi connectivity index (χ2n) is 1.16. The number of carbonyl (C=O) groups excluding carboxylic acids is 1. The molecule has 2 heteroatoms. The van der Waals surface area contributed by atoms with Crippen molar-refractivity contribution in [2.45, 2.75) is 19.3 Å². The van der Waals surface area contributed by atoms with Crippen molar-refractivity contribution < 1.29 is 4.79 Å². The minimum Gasteiger partial charge on any atom is -0.291 e. The summed E-state index contributed by atoms with van der Waals surface area (Å²) in [5.74, 6) is 0. The molecule has 0 aromatic carbocycles. The Kier molecular flexibility index (Phi) is 4.54. The number of nitriles is 1. The molecule has 1 radical (unpaired) electrons. The number of unbranched alkanes of at least 4 members (excludes halogenated alkanes) is 2. The Hall–Kier alpha value is -0.840. The van der Waals surface area contributed by atoms with E-state index in [1.54, 1.807) is 6.29 Å². The molecular weight excluding hydrogens is 90.1 g/mol. The van der Waals surface area contributed by atoms with Crippen LogP contribution in [0.4, 0.5) is 0 Å². The van der Waals surface area contributed by atoms with Gasteiger partial charge in [-0.25, -0.2) is 0 Å². The van der Waals surface area contributed by atoms with Crippen molar-refractivity contribution in [2.75, 3.05) is 0 Å². The fourth-order valence-corrected chi connectivity index (χ4v) is 0.240. The van der Waals surface area contributed by atoms with Gasteiger partial charge in [-0.05, 0) is 6.42 Å². The van der Waals surface area contributed by atoms with Gasteiger partial charge in [-0.2, -0.15) is 5.26 Å². The zero-order chi connectivity index (χ0) is 5.54. The highest BCUT2D eigenvalue weighted by Crippen LogP contribution is 1.87. The molecule has 7 heavy (non-hydrogen) atoms. The van der Waals surface area contributed by atoms with Gasteiger partial charge >= 0.3 is 0 Å². The topological polar surface area (TPSA) is 40.9 Å². The van der Waals surface area contributed by atoms with E-state index in [0.29, 0.717) is 19.3 Å². The highest BCUT2D eigenvalue weighted by atomic mass is 16.1. The van der Waals surface area contributed by atoms with Crippen LogP contribution >= 0.6 is 0 Å². The van der Waals surface area contributed by atoms with E-state index in [1.165, 1.54) is 0 Å². The van der Waals surface area contributed by atoms with Gasteiger partial charge in [-0.3, -0.25) is 4.79 Å². The molecule has 0 aliphatic carbocycles. The molecule has 0 rings (SSSR count). The highest BCUT2D eigenvalue weighted by Gasteiger charge is 1.80. The summed E-state index contributed by atoms with van der Waals surface area (Å²) in [7, 11) is 0. The molecular formula is C5H6NO. The first-order chi connectivity index (χ1) is 3.41. The van der Waals surface area contributed by atoms with Crippen LogP contribution in [-0.4, -0.2) is 6.29 Å². The van der Waals surface area contributed by atoms with Crippen LogP contribution < -0.4 is 0 Å².